The average Bonchev–Trinajstić information content (AvgIpc) is 0.616. The van der Waals surface area contributed by atoms with Crippen molar-refractivity contribution in [1.82, 2.24) is 0 Å². The molecular formula is C37H13F39O9. The molecule has 0 aliphatic heterocycles. The summed E-state index contributed by atoms with van der Waals surface area (Å²) >= 11 is 0. The van der Waals surface area contributed by atoms with Crippen LogP contribution in [0.2, 0.25) is 0 Å². The van der Waals surface area contributed by atoms with E-state index in [9.17, 15) is 56.0 Å². The second-order valence-electron chi connectivity index (χ2n) is 20.8. The predicted molar refractivity (Wildman–Crippen MR) is 171 cm³/mol. The maximum absolute atomic E-state index is 16.6. The minimum absolute atomic E-state index is 2.92. The molecule has 85 heavy (non-hydrogen) atoms. The highest BCUT2D eigenvalue weighted by Gasteiger charge is 3.23. The normalized spacial score (nSPS) is 53.6. The Balaban J connectivity index is 1.18. The SMILES string of the molecule is O=C1C2(F)C(F)(F)C3(F)C(F)(F)C1(F)C(F)(OCC(O)C(C(O)COC1(F)C4(F)C(=O)C5(F)C(F)(F)C(F)(C4(F)F)C(F)(F)C1(F)C5(F)F)C(O)COC1(F)C4(F)C(=O)C5(F)C(F)(F)C(F)(C4(F)F)C(F)(F)C1(F)C5(F)F)C(F)(C2(F)F)C3(F)F. The van der Waals surface area contributed by atoms with E-state index >= 15 is 145 Å². The van der Waals surface area contributed by atoms with Crippen LogP contribution in [0.4, 0.5) is 171 Å². The van der Waals surface area contributed by atoms with Crippen molar-refractivity contribution in [2.75, 3.05) is 19.8 Å². The number of carbonyl (C=O) groups excluding carboxylic acids is 3. The van der Waals surface area contributed by atoms with Gasteiger partial charge in [-0.15, -0.1) is 0 Å². The summed E-state index contributed by atoms with van der Waals surface area (Å²) in [6.07, 6.45) is -15.3. The zero-order valence-electron chi connectivity index (χ0n) is 38.0. The smallest absolute Gasteiger partial charge is 0.340 e. The molecule has 0 amide bonds. The number of rotatable bonds is 12. The van der Waals surface area contributed by atoms with Crippen LogP contribution in [0.15, 0.2) is 0 Å². The van der Waals surface area contributed by atoms with Crippen LogP contribution in [-0.4, -0.2) is 227 Å². The topological polar surface area (TPSA) is 140 Å². The molecule has 0 aromatic carbocycles. The van der Waals surface area contributed by atoms with Crippen LogP contribution in [0, 0.1) is 5.92 Å². The molecule has 12 fully saturated rings. The van der Waals surface area contributed by atoms with E-state index in [2.05, 4.69) is 14.2 Å². The van der Waals surface area contributed by atoms with Crippen LogP contribution in [-0.2, 0) is 28.6 Å². The number of carbonyl (C=O) groups is 3. The molecule has 12 saturated carbocycles. The first-order valence-corrected chi connectivity index (χ1v) is 21.5. The van der Waals surface area contributed by atoms with E-state index in [0.717, 1.165) is 0 Å². The number of Topliss-reactive ketones (excluding diaryl/α,β-unsaturated/α-hetero) is 3. The molecule has 0 heterocycles. The van der Waals surface area contributed by atoms with Crippen molar-refractivity contribution >= 4 is 17.3 Å². The van der Waals surface area contributed by atoms with Crippen molar-refractivity contribution in [3.63, 3.8) is 0 Å². The fraction of sp³-hybridized carbons (Fsp3) is 0.919. The predicted octanol–water partition coefficient (Wildman–Crippen LogP) is 7.69. The number of ether oxygens (including phenoxy) is 3. The van der Waals surface area contributed by atoms with Crippen molar-refractivity contribution in [3.8, 4) is 0 Å². The van der Waals surface area contributed by atoms with E-state index < -0.39 is 218 Å². The summed E-state index contributed by atoms with van der Waals surface area (Å²) in [5.41, 5.74) is -98.8. The van der Waals surface area contributed by atoms with Gasteiger partial charge in [0.2, 0.25) is 17.3 Å². The van der Waals surface area contributed by atoms with Crippen molar-refractivity contribution in [2.24, 2.45) is 5.92 Å². The summed E-state index contributed by atoms with van der Waals surface area (Å²) in [7, 11) is 0. The van der Waals surface area contributed by atoms with Gasteiger partial charge in [-0.2, -0.15) is 105 Å². The van der Waals surface area contributed by atoms with Crippen LogP contribution in [0.5, 0.6) is 0 Å². The van der Waals surface area contributed by atoms with Crippen LogP contribution >= 0.6 is 0 Å². The largest absolute Gasteiger partial charge is 0.390 e. The fourth-order valence-electron chi connectivity index (χ4n) is 13.1. The lowest BCUT2D eigenvalue weighted by molar-refractivity contribution is -0.556. The number of aliphatic hydroxyl groups excluding tert-OH is 3. The van der Waals surface area contributed by atoms with Gasteiger partial charge in [0.15, 0.2) is 0 Å². The zero-order chi connectivity index (χ0) is 66.8. The van der Waals surface area contributed by atoms with E-state index in [1.807, 2.05) is 0 Å². The average molecular weight is 1340 g/mol. The second-order valence-corrected chi connectivity index (χ2v) is 20.8. The lowest BCUT2D eigenvalue weighted by Gasteiger charge is -2.71. The van der Waals surface area contributed by atoms with Crippen molar-refractivity contribution in [2.45, 2.75) is 175 Å². The van der Waals surface area contributed by atoms with Crippen molar-refractivity contribution in [1.29, 1.82) is 0 Å². The Morgan fingerprint density at radius 1 is 0.235 bits per heavy atom. The molecule has 3 N–H and O–H groups in total. The van der Waals surface area contributed by atoms with Gasteiger partial charge in [0.1, 0.15) is 0 Å². The summed E-state index contributed by atoms with van der Waals surface area (Å²) in [6.45, 7) is -12.5. The summed E-state index contributed by atoms with van der Waals surface area (Å²) in [5, 5.41) is 32.1. The van der Waals surface area contributed by atoms with E-state index in [1.165, 1.54) is 0 Å². The van der Waals surface area contributed by atoms with Gasteiger partial charge in [0.05, 0.1) is 38.1 Å². The molecule has 12 aliphatic carbocycles. The van der Waals surface area contributed by atoms with Gasteiger partial charge in [0.25, 0.3) is 17.0 Å². The first-order valence-electron chi connectivity index (χ1n) is 21.5. The van der Waals surface area contributed by atoms with Gasteiger partial charge in [-0.3, -0.25) is 14.4 Å². The molecule has 18 unspecified atom stereocenters. The lowest BCUT2D eigenvalue weighted by atomic mass is 9.41. The Morgan fingerprint density at radius 3 is 0.541 bits per heavy atom. The number of ketones is 3. The summed E-state index contributed by atoms with van der Waals surface area (Å²) in [5.74, 6) is -147. The third-order valence-corrected chi connectivity index (χ3v) is 17.6. The summed E-state index contributed by atoms with van der Waals surface area (Å²) < 4.78 is 614. The first kappa shape index (κ1) is 65.5. The molecule has 12 aliphatic rings. The molecule has 48 heteroatoms. The summed E-state index contributed by atoms with van der Waals surface area (Å²) in [4.78, 5) is 37.5. The Morgan fingerprint density at radius 2 is 0.376 bits per heavy atom. The van der Waals surface area contributed by atoms with Crippen molar-refractivity contribution < 1.29 is 215 Å². The maximum Gasteiger partial charge on any atom is 0.340 e. The highest BCUT2D eigenvalue weighted by molar-refractivity contribution is 6.06. The number of hydrogen-bond donors (Lipinski definition) is 3. The lowest BCUT2D eigenvalue weighted by Crippen LogP contribution is -3.07. The van der Waals surface area contributed by atoms with Crippen LogP contribution in [0.1, 0.15) is 0 Å². The summed E-state index contributed by atoms with van der Waals surface area (Å²) in [6, 6.07) is 0. The molecule has 0 saturated heterocycles. The minimum atomic E-state index is -8.67. The van der Waals surface area contributed by atoms with Crippen molar-refractivity contribution in [3.05, 3.63) is 0 Å². The Labute approximate surface area is 433 Å². The van der Waals surface area contributed by atoms with Gasteiger partial charge in [-0.1, -0.05) is 0 Å². The molecule has 0 aromatic heterocycles. The van der Waals surface area contributed by atoms with Gasteiger partial charge in [0, 0.05) is 5.92 Å². The minimum Gasteiger partial charge on any atom is -0.390 e. The quantitative estimate of drug-likeness (QED) is 0.168. The van der Waals surface area contributed by atoms with E-state index in [4.69, 9.17) is 0 Å². The van der Waals surface area contributed by atoms with Gasteiger partial charge in [-0.25, -0.2) is 65.9 Å². The van der Waals surface area contributed by atoms with E-state index in [0.29, 0.717) is 0 Å². The van der Waals surface area contributed by atoms with Gasteiger partial charge < -0.3 is 29.5 Å². The van der Waals surface area contributed by atoms with Crippen LogP contribution in [0.25, 0.3) is 0 Å². The molecule has 9 nitrogen and oxygen atoms in total. The van der Waals surface area contributed by atoms with Crippen LogP contribution in [0.3, 0.4) is 0 Å². The second kappa shape index (κ2) is 14.6. The van der Waals surface area contributed by atoms with Crippen LogP contribution < -0.4 is 0 Å². The molecule has 0 spiro atoms. The van der Waals surface area contributed by atoms with Gasteiger partial charge >= 0.3 is 140 Å². The Bertz CT molecular complexity index is 2760. The molecule has 0 aromatic rings. The number of alkyl halides is 39. The number of halogens is 39. The first-order chi connectivity index (χ1) is 37.0. The standard InChI is InChI=1S/C37H13F39O9/c38-11-8(80)14(41)29(62,63)17(44,23(11,50)51)32(68,69)20(47,26(11,56)57)35(14,74)83-1-4(77)7(5(78)2-84-36(75)15(42)9(81)12(39)24(52,53)18(45,30(15,64)65)33(70,71)21(36,48)27(12,58)59)6(79)3-85-37(76)16(43)10(82)13(40)25(54,55)19(46,31(16,66)67)34(72,73)22(37,49)28(13,60)61/h4-7,77-79H,1-3H2. The molecule has 12 bridgehead atoms. The van der Waals surface area contributed by atoms with Gasteiger partial charge in [-0.05, 0) is 0 Å². The third-order valence-electron chi connectivity index (χ3n) is 17.6. The van der Waals surface area contributed by atoms with E-state index in [-0.39, 0.29) is 0 Å². The highest BCUT2D eigenvalue weighted by atomic mass is 19.4. The van der Waals surface area contributed by atoms with E-state index in [1.54, 1.807) is 0 Å². The third kappa shape index (κ3) is 4.42. The maximum atomic E-state index is 16.6. The molecule has 18 atom stereocenters. The fourth-order valence-corrected chi connectivity index (χ4v) is 13.1. The Kier molecular flexibility index (Phi) is 11.3. The number of aliphatic hydroxyl groups is 3. The highest BCUT2D eigenvalue weighted by Crippen LogP contribution is 2.89. The molecule has 12 rings (SSSR count). The monoisotopic (exact) mass is 1340 g/mol. The zero-order valence-corrected chi connectivity index (χ0v) is 38.0. The molecular weight excluding hydrogens is 1330 g/mol. The Hall–Kier alpha value is -3.96. The molecule has 488 valence electrons. The number of hydrogen-bond acceptors (Lipinski definition) is 9. The molecule has 0 radical (unpaired) electrons.